The zero-order chi connectivity index (χ0) is 19.2. The van der Waals surface area contributed by atoms with Crippen LogP contribution in [0.15, 0.2) is 24.5 Å². The van der Waals surface area contributed by atoms with Crippen LogP contribution < -0.4 is 5.32 Å². The van der Waals surface area contributed by atoms with Crippen molar-refractivity contribution in [2.24, 2.45) is 0 Å². The number of carbonyl (C=O) groups excluding carboxylic acids is 1. The van der Waals surface area contributed by atoms with Gasteiger partial charge in [0.25, 0.3) is 0 Å². The molecule has 0 spiro atoms. The topological polar surface area (TPSA) is 80.2 Å². The van der Waals surface area contributed by atoms with Crippen LogP contribution in [0, 0.1) is 13.8 Å². The van der Waals surface area contributed by atoms with Crippen LogP contribution in [0.1, 0.15) is 30.5 Å². The molecule has 0 bridgehead atoms. The number of piperidine rings is 1. The summed E-state index contributed by atoms with van der Waals surface area (Å²) in [5.74, 6) is 1.75. The van der Waals surface area contributed by atoms with E-state index in [0.29, 0.717) is 24.9 Å². The SMILES string of the molecule is COCCC(=O)N1CCC(Nc2nc(-c3ccncc3)nc(C)c2C)CC1. The molecule has 0 saturated carbocycles. The monoisotopic (exact) mass is 369 g/mol. The van der Waals surface area contributed by atoms with E-state index in [1.54, 1.807) is 19.5 Å². The quantitative estimate of drug-likeness (QED) is 0.843. The number of likely N-dealkylation sites (tertiary alicyclic amines) is 1. The maximum atomic E-state index is 12.1. The molecule has 0 radical (unpaired) electrons. The summed E-state index contributed by atoms with van der Waals surface area (Å²) in [7, 11) is 1.62. The van der Waals surface area contributed by atoms with Gasteiger partial charge in [0.1, 0.15) is 5.82 Å². The normalized spacial score (nSPS) is 15.0. The molecule has 1 fully saturated rings. The van der Waals surface area contributed by atoms with E-state index in [1.807, 2.05) is 30.9 Å². The average Bonchev–Trinajstić information content (AvgIpc) is 2.70. The Morgan fingerprint density at radius 3 is 2.59 bits per heavy atom. The summed E-state index contributed by atoms with van der Waals surface area (Å²) in [6.07, 6.45) is 5.76. The van der Waals surface area contributed by atoms with Crippen LogP contribution in [0.25, 0.3) is 11.4 Å². The second-order valence-electron chi connectivity index (χ2n) is 6.88. The van der Waals surface area contributed by atoms with E-state index in [4.69, 9.17) is 9.72 Å². The van der Waals surface area contributed by atoms with Gasteiger partial charge in [-0.1, -0.05) is 0 Å². The Morgan fingerprint density at radius 2 is 1.93 bits per heavy atom. The fraction of sp³-hybridized carbons (Fsp3) is 0.500. The molecule has 1 saturated heterocycles. The van der Waals surface area contributed by atoms with E-state index in [-0.39, 0.29) is 5.91 Å². The van der Waals surface area contributed by atoms with Crippen molar-refractivity contribution >= 4 is 11.7 Å². The van der Waals surface area contributed by atoms with E-state index in [9.17, 15) is 4.79 Å². The fourth-order valence-corrected chi connectivity index (χ4v) is 3.21. The van der Waals surface area contributed by atoms with Gasteiger partial charge in [-0.05, 0) is 38.8 Å². The minimum absolute atomic E-state index is 0.171. The van der Waals surface area contributed by atoms with Crippen molar-refractivity contribution in [3.8, 4) is 11.4 Å². The molecule has 1 aliphatic heterocycles. The number of nitrogens with zero attached hydrogens (tertiary/aromatic N) is 4. The van der Waals surface area contributed by atoms with Gasteiger partial charge in [0.2, 0.25) is 5.91 Å². The van der Waals surface area contributed by atoms with Gasteiger partial charge in [-0.3, -0.25) is 9.78 Å². The van der Waals surface area contributed by atoms with Crippen LogP contribution in [0.3, 0.4) is 0 Å². The van der Waals surface area contributed by atoms with E-state index in [1.165, 1.54) is 0 Å². The zero-order valence-corrected chi connectivity index (χ0v) is 16.2. The first kappa shape index (κ1) is 19.2. The predicted molar refractivity (Wildman–Crippen MR) is 104 cm³/mol. The Kier molecular flexibility index (Phi) is 6.34. The first-order valence-corrected chi connectivity index (χ1v) is 9.37. The molecule has 1 aliphatic rings. The van der Waals surface area contributed by atoms with Gasteiger partial charge in [0.15, 0.2) is 5.82 Å². The Bertz CT molecular complexity index is 773. The third kappa shape index (κ3) is 4.80. The number of rotatable bonds is 6. The summed E-state index contributed by atoms with van der Waals surface area (Å²) in [5, 5.41) is 3.57. The average molecular weight is 369 g/mol. The number of hydrogen-bond donors (Lipinski definition) is 1. The van der Waals surface area contributed by atoms with E-state index >= 15 is 0 Å². The van der Waals surface area contributed by atoms with Crippen LogP contribution >= 0.6 is 0 Å². The van der Waals surface area contributed by atoms with Gasteiger partial charge in [-0.15, -0.1) is 0 Å². The highest BCUT2D eigenvalue weighted by Crippen LogP contribution is 2.24. The van der Waals surface area contributed by atoms with Crippen LogP contribution in [0.2, 0.25) is 0 Å². The number of methoxy groups -OCH3 is 1. The summed E-state index contributed by atoms with van der Waals surface area (Å²) < 4.78 is 5.00. The number of aromatic nitrogens is 3. The molecule has 3 heterocycles. The lowest BCUT2D eigenvalue weighted by atomic mass is 10.0. The van der Waals surface area contributed by atoms with Crippen LogP contribution in [-0.4, -0.2) is 58.6 Å². The van der Waals surface area contributed by atoms with Crippen molar-refractivity contribution in [3.05, 3.63) is 35.8 Å². The molecule has 2 aromatic heterocycles. The Morgan fingerprint density at radius 1 is 1.22 bits per heavy atom. The molecular weight excluding hydrogens is 342 g/mol. The highest BCUT2D eigenvalue weighted by atomic mass is 16.5. The zero-order valence-electron chi connectivity index (χ0n) is 16.2. The summed E-state index contributed by atoms with van der Waals surface area (Å²) >= 11 is 0. The van der Waals surface area contributed by atoms with E-state index < -0.39 is 0 Å². The number of hydrogen-bond acceptors (Lipinski definition) is 6. The van der Waals surface area contributed by atoms with Crippen LogP contribution in [0.4, 0.5) is 5.82 Å². The number of carbonyl (C=O) groups is 1. The molecule has 2 aromatic rings. The number of pyridine rings is 1. The van der Waals surface area contributed by atoms with Crippen molar-refractivity contribution in [3.63, 3.8) is 0 Å². The standard InChI is InChI=1S/C20H27N5O2/c1-14-15(2)22-20(16-4-9-21-10-5-16)24-19(14)23-17-6-11-25(12-7-17)18(26)8-13-27-3/h4-5,9-10,17H,6-8,11-13H2,1-3H3,(H,22,23,24). The Labute approximate surface area is 160 Å². The number of ether oxygens (including phenoxy) is 1. The maximum absolute atomic E-state index is 12.1. The number of anilines is 1. The molecule has 7 heteroatoms. The molecule has 0 aromatic carbocycles. The minimum Gasteiger partial charge on any atom is -0.384 e. The largest absolute Gasteiger partial charge is 0.384 e. The summed E-state index contributed by atoms with van der Waals surface area (Å²) in [6.45, 7) is 6.05. The van der Waals surface area contributed by atoms with Gasteiger partial charge >= 0.3 is 0 Å². The van der Waals surface area contributed by atoms with E-state index in [2.05, 4.69) is 15.3 Å². The number of aryl methyl sites for hydroxylation is 1. The third-order valence-corrected chi connectivity index (χ3v) is 5.04. The molecule has 27 heavy (non-hydrogen) atoms. The first-order valence-electron chi connectivity index (χ1n) is 9.37. The smallest absolute Gasteiger partial charge is 0.224 e. The summed E-state index contributed by atoms with van der Waals surface area (Å²) in [4.78, 5) is 27.5. The molecule has 1 amide bonds. The predicted octanol–water partition coefficient (Wildman–Crippen LogP) is 2.59. The van der Waals surface area contributed by atoms with Crippen molar-refractivity contribution < 1.29 is 9.53 Å². The summed E-state index contributed by atoms with van der Waals surface area (Å²) in [6, 6.07) is 4.13. The van der Waals surface area contributed by atoms with Crippen molar-refractivity contribution in [1.82, 2.24) is 19.9 Å². The molecule has 7 nitrogen and oxygen atoms in total. The second-order valence-corrected chi connectivity index (χ2v) is 6.88. The number of amides is 1. The van der Waals surface area contributed by atoms with Gasteiger partial charge in [0.05, 0.1) is 13.0 Å². The minimum atomic E-state index is 0.171. The molecule has 1 N–H and O–H groups in total. The number of nitrogens with one attached hydrogen (secondary N) is 1. The van der Waals surface area contributed by atoms with Crippen LogP contribution in [0.5, 0.6) is 0 Å². The Hall–Kier alpha value is -2.54. The van der Waals surface area contributed by atoms with Crippen molar-refractivity contribution in [2.45, 2.75) is 39.2 Å². The highest BCUT2D eigenvalue weighted by molar-refractivity contribution is 5.76. The third-order valence-electron chi connectivity index (χ3n) is 5.04. The van der Waals surface area contributed by atoms with Gasteiger partial charge in [-0.25, -0.2) is 9.97 Å². The van der Waals surface area contributed by atoms with Crippen molar-refractivity contribution in [2.75, 3.05) is 32.1 Å². The molecule has 0 aliphatic carbocycles. The van der Waals surface area contributed by atoms with Crippen LogP contribution in [-0.2, 0) is 9.53 Å². The summed E-state index contributed by atoms with van der Waals surface area (Å²) in [5.41, 5.74) is 2.98. The Balaban J connectivity index is 1.66. The lowest BCUT2D eigenvalue weighted by Gasteiger charge is -2.33. The molecule has 0 unspecified atom stereocenters. The highest BCUT2D eigenvalue weighted by Gasteiger charge is 2.23. The van der Waals surface area contributed by atoms with E-state index in [0.717, 1.165) is 48.6 Å². The lowest BCUT2D eigenvalue weighted by molar-refractivity contribution is -0.133. The maximum Gasteiger partial charge on any atom is 0.224 e. The fourth-order valence-electron chi connectivity index (χ4n) is 3.21. The van der Waals surface area contributed by atoms with Gasteiger partial charge < -0.3 is 15.0 Å². The molecule has 0 atom stereocenters. The lowest BCUT2D eigenvalue weighted by Crippen LogP contribution is -2.42. The van der Waals surface area contributed by atoms with Crippen molar-refractivity contribution in [1.29, 1.82) is 0 Å². The molecule has 144 valence electrons. The first-order chi connectivity index (χ1) is 13.1. The van der Waals surface area contributed by atoms with Gasteiger partial charge in [0, 0.05) is 55.5 Å². The molecule has 3 rings (SSSR count). The second kappa shape index (κ2) is 8.90. The van der Waals surface area contributed by atoms with Gasteiger partial charge in [-0.2, -0.15) is 0 Å². The molecular formula is C20H27N5O2.